The minimum absolute atomic E-state index is 0.123. The maximum absolute atomic E-state index is 11.9. The van der Waals surface area contributed by atoms with Gasteiger partial charge in [-0.05, 0) is 31.2 Å². The summed E-state index contributed by atoms with van der Waals surface area (Å²) in [5.41, 5.74) is 1.32. The van der Waals surface area contributed by atoms with Gasteiger partial charge in [0, 0.05) is 5.02 Å². The van der Waals surface area contributed by atoms with Crippen LogP contribution in [0, 0.1) is 0 Å². The Morgan fingerprint density at radius 3 is 3.00 bits per heavy atom. The molecule has 1 aromatic carbocycles. The number of amides is 1. The molecule has 6 nitrogen and oxygen atoms in total. The van der Waals surface area contributed by atoms with Crippen LogP contribution in [-0.4, -0.2) is 33.8 Å². The van der Waals surface area contributed by atoms with Crippen LogP contribution in [0.2, 0.25) is 5.02 Å². The fourth-order valence-electron chi connectivity index (χ4n) is 1.71. The second-order valence-electron chi connectivity index (χ2n) is 4.23. The molecule has 0 spiro atoms. The summed E-state index contributed by atoms with van der Waals surface area (Å²) >= 11 is 5.98. The van der Waals surface area contributed by atoms with E-state index in [0.29, 0.717) is 10.7 Å². The molecule has 0 unspecified atom stereocenters. The molecule has 2 N–H and O–H groups in total. The number of nitrogens with zero attached hydrogens (tertiary/aromatic N) is 3. The van der Waals surface area contributed by atoms with Gasteiger partial charge in [0.15, 0.2) is 0 Å². The lowest BCUT2D eigenvalue weighted by molar-refractivity contribution is -0.115. The second kappa shape index (κ2) is 7.02. The van der Waals surface area contributed by atoms with Gasteiger partial charge in [-0.3, -0.25) is 4.79 Å². The fraction of sp³-hybridized carbons (Fsp3) is 0.308. The third-order valence-electron chi connectivity index (χ3n) is 2.61. The third kappa shape index (κ3) is 3.79. The van der Waals surface area contributed by atoms with Gasteiger partial charge in [-0.2, -0.15) is 5.10 Å². The number of hydrogen-bond acceptors (Lipinski definition) is 4. The summed E-state index contributed by atoms with van der Waals surface area (Å²) in [5, 5.41) is 10.5. The zero-order valence-electron chi connectivity index (χ0n) is 11.1. The van der Waals surface area contributed by atoms with E-state index in [1.165, 1.54) is 6.33 Å². The van der Waals surface area contributed by atoms with E-state index in [0.717, 1.165) is 18.7 Å². The summed E-state index contributed by atoms with van der Waals surface area (Å²) in [5.74, 6) is -0.123. The van der Waals surface area contributed by atoms with Crippen LogP contribution in [0.5, 0.6) is 0 Å². The largest absolute Gasteiger partial charge is 0.323 e. The lowest BCUT2D eigenvalue weighted by atomic mass is 10.2. The van der Waals surface area contributed by atoms with Crippen LogP contribution >= 0.6 is 11.6 Å². The van der Waals surface area contributed by atoms with E-state index in [1.807, 2.05) is 6.92 Å². The number of rotatable bonds is 6. The van der Waals surface area contributed by atoms with Gasteiger partial charge in [-0.15, -0.1) is 0 Å². The van der Waals surface area contributed by atoms with Crippen molar-refractivity contribution in [1.29, 1.82) is 0 Å². The molecular weight excluding hydrogens is 278 g/mol. The Labute approximate surface area is 122 Å². The number of aromatic nitrogens is 3. The molecule has 2 aromatic rings. The number of hydrogen-bond donors (Lipinski definition) is 2. The van der Waals surface area contributed by atoms with Crippen molar-refractivity contribution in [2.24, 2.45) is 0 Å². The predicted octanol–water partition coefficient (Wildman–Crippen LogP) is 1.86. The number of carbonyl (C=O) groups excluding carboxylic acids is 1. The number of anilines is 1. The molecule has 106 valence electrons. The van der Waals surface area contributed by atoms with Gasteiger partial charge in [-0.1, -0.05) is 18.5 Å². The van der Waals surface area contributed by atoms with Gasteiger partial charge in [0.1, 0.15) is 12.7 Å². The number of halogens is 1. The first-order chi connectivity index (χ1) is 9.70. The third-order valence-corrected chi connectivity index (χ3v) is 2.85. The van der Waals surface area contributed by atoms with Crippen molar-refractivity contribution < 1.29 is 4.79 Å². The predicted molar refractivity (Wildman–Crippen MR) is 78.2 cm³/mol. The summed E-state index contributed by atoms with van der Waals surface area (Å²) in [6.07, 6.45) is 3.98. The first kappa shape index (κ1) is 14.5. The average Bonchev–Trinajstić information content (AvgIpc) is 2.93. The summed E-state index contributed by atoms with van der Waals surface area (Å²) in [7, 11) is 0. The van der Waals surface area contributed by atoms with Crippen molar-refractivity contribution in [2.75, 3.05) is 18.4 Å². The first-order valence-electron chi connectivity index (χ1n) is 6.36. The molecule has 2 rings (SSSR count). The molecule has 1 heterocycles. The molecule has 0 atom stereocenters. The van der Waals surface area contributed by atoms with Crippen molar-refractivity contribution in [3.05, 3.63) is 35.9 Å². The smallest absolute Gasteiger partial charge is 0.238 e. The highest BCUT2D eigenvalue weighted by Crippen LogP contribution is 2.23. The molecule has 0 fully saturated rings. The Bertz CT molecular complexity index is 570. The maximum Gasteiger partial charge on any atom is 0.238 e. The average molecular weight is 294 g/mol. The van der Waals surface area contributed by atoms with Crippen molar-refractivity contribution in [3.63, 3.8) is 0 Å². The number of carbonyl (C=O) groups is 1. The fourth-order valence-corrected chi connectivity index (χ4v) is 1.89. The minimum Gasteiger partial charge on any atom is -0.323 e. The Morgan fingerprint density at radius 2 is 2.30 bits per heavy atom. The van der Waals surface area contributed by atoms with E-state index in [1.54, 1.807) is 29.2 Å². The second-order valence-corrected chi connectivity index (χ2v) is 4.66. The van der Waals surface area contributed by atoms with Crippen molar-refractivity contribution >= 4 is 23.2 Å². The Morgan fingerprint density at radius 1 is 1.45 bits per heavy atom. The highest BCUT2D eigenvalue weighted by Gasteiger charge is 2.09. The van der Waals surface area contributed by atoms with Crippen molar-refractivity contribution in [2.45, 2.75) is 13.3 Å². The Kier molecular flexibility index (Phi) is 5.09. The molecule has 20 heavy (non-hydrogen) atoms. The molecule has 0 radical (unpaired) electrons. The normalized spacial score (nSPS) is 10.5. The zero-order chi connectivity index (χ0) is 14.4. The van der Waals surface area contributed by atoms with Gasteiger partial charge in [0.05, 0.1) is 17.9 Å². The Balaban J connectivity index is 2.14. The van der Waals surface area contributed by atoms with Gasteiger partial charge < -0.3 is 10.6 Å². The van der Waals surface area contributed by atoms with E-state index < -0.39 is 0 Å². The van der Waals surface area contributed by atoms with E-state index in [2.05, 4.69) is 20.7 Å². The summed E-state index contributed by atoms with van der Waals surface area (Å²) in [6.45, 7) is 3.11. The van der Waals surface area contributed by atoms with Crippen LogP contribution in [0.4, 0.5) is 5.69 Å². The highest BCUT2D eigenvalue weighted by molar-refractivity contribution is 6.31. The molecule has 0 saturated heterocycles. The summed E-state index contributed by atoms with van der Waals surface area (Å²) in [6, 6.07) is 5.21. The van der Waals surface area contributed by atoms with Crippen LogP contribution < -0.4 is 10.6 Å². The first-order valence-corrected chi connectivity index (χ1v) is 6.73. The molecule has 0 aliphatic heterocycles. The summed E-state index contributed by atoms with van der Waals surface area (Å²) < 4.78 is 1.57. The quantitative estimate of drug-likeness (QED) is 0.798. The number of nitrogens with one attached hydrogen (secondary N) is 2. The van der Waals surface area contributed by atoms with Gasteiger partial charge >= 0.3 is 0 Å². The van der Waals surface area contributed by atoms with E-state index in [-0.39, 0.29) is 12.5 Å². The summed E-state index contributed by atoms with van der Waals surface area (Å²) in [4.78, 5) is 15.8. The van der Waals surface area contributed by atoms with Crippen LogP contribution in [0.3, 0.4) is 0 Å². The van der Waals surface area contributed by atoms with Gasteiger partial charge in [-0.25, -0.2) is 9.67 Å². The van der Waals surface area contributed by atoms with E-state index >= 15 is 0 Å². The van der Waals surface area contributed by atoms with Crippen LogP contribution in [0.15, 0.2) is 30.9 Å². The van der Waals surface area contributed by atoms with Crippen LogP contribution in [-0.2, 0) is 4.79 Å². The topological polar surface area (TPSA) is 71.8 Å². The van der Waals surface area contributed by atoms with Gasteiger partial charge in [0.25, 0.3) is 0 Å². The van der Waals surface area contributed by atoms with Crippen molar-refractivity contribution in [1.82, 2.24) is 20.1 Å². The molecular formula is C13H16ClN5O. The minimum atomic E-state index is -0.123. The van der Waals surface area contributed by atoms with E-state index in [4.69, 9.17) is 11.6 Å². The number of benzene rings is 1. The van der Waals surface area contributed by atoms with Crippen molar-refractivity contribution in [3.8, 4) is 5.69 Å². The molecule has 0 saturated carbocycles. The molecule has 1 aromatic heterocycles. The lowest BCUT2D eigenvalue weighted by Gasteiger charge is -2.11. The van der Waals surface area contributed by atoms with Gasteiger partial charge in [0.2, 0.25) is 5.91 Å². The molecule has 7 heteroatoms. The molecule has 1 amide bonds. The molecule has 0 bridgehead atoms. The lowest BCUT2D eigenvalue weighted by Crippen LogP contribution is -2.28. The Hall–Kier alpha value is -1.92. The zero-order valence-corrected chi connectivity index (χ0v) is 11.9. The SMILES string of the molecule is CCCNCC(=O)Nc1cc(Cl)ccc1-n1cncn1. The van der Waals surface area contributed by atoms with Crippen LogP contribution in [0.25, 0.3) is 5.69 Å². The molecule has 0 aliphatic carbocycles. The van der Waals surface area contributed by atoms with Crippen LogP contribution in [0.1, 0.15) is 13.3 Å². The molecule has 0 aliphatic rings. The highest BCUT2D eigenvalue weighted by atomic mass is 35.5. The monoisotopic (exact) mass is 293 g/mol. The van der Waals surface area contributed by atoms with E-state index in [9.17, 15) is 4.79 Å². The maximum atomic E-state index is 11.9. The standard InChI is InChI=1S/C13H16ClN5O/c1-2-5-15-7-13(20)18-11-6-10(14)3-4-12(11)19-9-16-8-17-19/h3-4,6,8-9,15H,2,5,7H2,1H3,(H,18,20).